The molecule has 0 saturated carbocycles. The van der Waals surface area contributed by atoms with Crippen molar-refractivity contribution < 1.29 is 13.6 Å². The Morgan fingerprint density at radius 1 is 1.22 bits per heavy atom. The van der Waals surface area contributed by atoms with Gasteiger partial charge < -0.3 is 9.05 Å². The van der Waals surface area contributed by atoms with Gasteiger partial charge in [0.1, 0.15) is 0 Å². The minimum Gasteiger partial charge on any atom is -0.308 e. The van der Waals surface area contributed by atoms with Crippen molar-refractivity contribution in [2.24, 2.45) is 0 Å². The number of allylic oxidation sites excluding steroid dienone is 1. The maximum atomic E-state index is 12.3. The Kier molecular flexibility index (Phi) is 6.66. The molecule has 1 unspecified atom stereocenters. The molecule has 0 spiro atoms. The van der Waals surface area contributed by atoms with Crippen molar-refractivity contribution >= 4 is 25.3 Å². The Morgan fingerprint density at radius 2 is 1.78 bits per heavy atom. The fourth-order valence-corrected chi connectivity index (χ4v) is 3.19. The van der Waals surface area contributed by atoms with Gasteiger partial charge in [-0.2, -0.15) is 0 Å². The highest BCUT2D eigenvalue weighted by Crippen LogP contribution is 2.55. The summed E-state index contributed by atoms with van der Waals surface area (Å²) in [5, 5.41) is -0.780. The van der Waals surface area contributed by atoms with E-state index in [1.54, 1.807) is 19.9 Å². The number of alkyl halides is 1. The van der Waals surface area contributed by atoms with Gasteiger partial charge in [0, 0.05) is 0 Å². The monoisotopic (exact) mass is 288 g/mol. The quantitative estimate of drug-likeness (QED) is 0.546. The summed E-state index contributed by atoms with van der Waals surface area (Å²) in [6, 6.07) is 9.65. The summed E-state index contributed by atoms with van der Waals surface area (Å²) in [5.41, 5.74) is 0.989. The maximum absolute atomic E-state index is 12.3. The summed E-state index contributed by atoms with van der Waals surface area (Å²) in [6.07, 6.45) is 3.45. The summed E-state index contributed by atoms with van der Waals surface area (Å²) in [5.74, 6) is 0. The van der Waals surface area contributed by atoms with Crippen molar-refractivity contribution in [1.29, 1.82) is 0 Å². The molecule has 0 aliphatic rings. The zero-order chi connectivity index (χ0) is 13.4. The van der Waals surface area contributed by atoms with Crippen LogP contribution in [-0.2, 0) is 13.6 Å². The smallest absolute Gasteiger partial charge is 0.308 e. The summed E-state index contributed by atoms with van der Waals surface area (Å²) in [4.78, 5) is 0. The van der Waals surface area contributed by atoms with Crippen LogP contribution in [0.4, 0.5) is 0 Å². The highest BCUT2D eigenvalue weighted by molar-refractivity contribution is 7.56. The molecule has 5 heteroatoms. The second-order valence-electron chi connectivity index (χ2n) is 3.52. The topological polar surface area (TPSA) is 35.5 Å². The van der Waals surface area contributed by atoms with Crippen LogP contribution in [0, 0.1) is 0 Å². The largest absolute Gasteiger partial charge is 0.352 e. The van der Waals surface area contributed by atoms with Crippen molar-refractivity contribution in [3.8, 4) is 0 Å². The highest BCUT2D eigenvalue weighted by atomic mass is 35.5. The molecule has 1 atom stereocenters. The Bertz CT molecular complexity index is 410. The molecule has 1 aromatic rings. The van der Waals surface area contributed by atoms with Crippen LogP contribution in [0.5, 0.6) is 0 Å². The lowest BCUT2D eigenvalue weighted by atomic mass is 10.2. The lowest BCUT2D eigenvalue weighted by Crippen LogP contribution is -2.04. The van der Waals surface area contributed by atoms with E-state index in [1.807, 2.05) is 36.4 Å². The second kappa shape index (κ2) is 7.75. The van der Waals surface area contributed by atoms with Crippen molar-refractivity contribution in [3.05, 3.63) is 42.0 Å². The highest BCUT2D eigenvalue weighted by Gasteiger charge is 2.31. The first-order chi connectivity index (χ1) is 8.62. The van der Waals surface area contributed by atoms with Gasteiger partial charge in [0.25, 0.3) is 0 Å². The molecule has 3 nitrogen and oxygen atoms in total. The van der Waals surface area contributed by atoms with Gasteiger partial charge in [0.05, 0.1) is 13.2 Å². The third-order valence-corrected chi connectivity index (χ3v) is 5.04. The zero-order valence-corrected chi connectivity index (χ0v) is 12.2. The molecule has 1 aromatic carbocycles. The average Bonchev–Trinajstić information content (AvgIpc) is 2.37. The zero-order valence-electron chi connectivity index (χ0n) is 10.6. The SMILES string of the molecule is CCOP(=O)(OCC)C(Cl)/C=C/c1ccccc1. The minimum absolute atomic E-state index is 0.305. The molecule has 0 bridgehead atoms. The van der Waals surface area contributed by atoms with Crippen LogP contribution in [0.1, 0.15) is 19.4 Å². The van der Waals surface area contributed by atoms with Crippen molar-refractivity contribution in [2.45, 2.75) is 19.0 Å². The van der Waals surface area contributed by atoms with E-state index in [2.05, 4.69) is 0 Å². The second-order valence-corrected chi connectivity index (χ2v) is 6.44. The van der Waals surface area contributed by atoms with Crippen molar-refractivity contribution in [2.75, 3.05) is 13.2 Å². The number of hydrogen-bond acceptors (Lipinski definition) is 3. The van der Waals surface area contributed by atoms with Gasteiger partial charge in [-0.15, -0.1) is 11.6 Å². The molecule has 0 amide bonds. The third-order valence-electron chi connectivity index (χ3n) is 2.17. The molecular weight excluding hydrogens is 271 g/mol. The van der Waals surface area contributed by atoms with Crippen LogP contribution in [-0.4, -0.2) is 18.3 Å². The Labute approximate surface area is 113 Å². The van der Waals surface area contributed by atoms with Crippen LogP contribution in [0.2, 0.25) is 0 Å². The van der Waals surface area contributed by atoms with Crippen molar-refractivity contribution in [1.82, 2.24) is 0 Å². The van der Waals surface area contributed by atoms with E-state index in [9.17, 15) is 4.57 Å². The summed E-state index contributed by atoms with van der Waals surface area (Å²) >= 11 is 6.10. The van der Waals surface area contributed by atoms with E-state index < -0.39 is 12.7 Å². The minimum atomic E-state index is -3.27. The van der Waals surface area contributed by atoms with Gasteiger partial charge in [-0.3, -0.25) is 4.57 Å². The number of halogens is 1. The standard InChI is InChI=1S/C13H18ClO3P/c1-3-16-18(15,17-4-2)13(14)11-10-12-8-6-5-7-9-12/h5-11,13H,3-4H2,1-2H3/b11-10+. The number of rotatable bonds is 7. The molecule has 100 valence electrons. The number of hydrogen-bond donors (Lipinski definition) is 0. The van der Waals surface area contributed by atoms with Gasteiger partial charge in [-0.25, -0.2) is 0 Å². The first-order valence-electron chi connectivity index (χ1n) is 5.88. The Balaban J connectivity index is 2.76. The summed E-state index contributed by atoms with van der Waals surface area (Å²) in [6.45, 7) is 4.13. The molecular formula is C13H18ClO3P. The van der Waals surface area contributed by atoms with Crippen LogP contribution in [0.3, 0.4) is 0 Å². The predicted molar refractivity (Wildman–Crippen MR) is 76.0 cm³/mol. The van der Waals surface area contributed by atoms with Crippen LogP contribution in [0.15, 0.2) is 36.4 Å². The molecule has 0 fully saturated rings. The van der Waals surface area contributed by atoms with E-state index >= 15 is 0 Å². The first kappa shape index (κ1) is 15.5. The van der Waals surface area contributed by atoms with Gasteiger partial charge in [-0.05, 0) is 19.4 Å². The van der Waals surface area contributed by atoms with E-state index in [4.69, 9.17) is 20.6 Å². The van der Waals surface area contributed by atoms with Gasteiger partial charge in [-0.1, -0.05) is 42.5 Å². The summed E-state index contributed by atoms with van der Waals surface area (Å²) < 4.78 is 22.6. The fourth-order valence-electron chi connectivity index (χ4n) is 1.40. The van der Waals surface area contributed by atoms with E-state index in [1.165, 1.54) is 0 Å². The van der Waals surface area contributed by atoms with E-state index in [0.717, 1.165) is 5.56 Å². The molecule has 0 N–H and O–H groups in total. The predicted octanol–water partition coefficient (Wildman–Crippen LogP) is 4.53. The molecule has 0 aliphatic heterocycles. The fraction of sp³-hybridized carbons (Fsp3) is 0.385. The Morgan fingerprint density at radius 3 is 2.28 bits per heavy atom. The Hall–Kier alpha value is -0.600. The average molecular weight is 289 g/mol. The molecule has 0 saturated heterocycles. The van der Waals surface area contributed by atoms with Gasteiger partial charge in [0.15, 0.2) is 5.12 Å². The third kappa shape index (κ3) is 4.58. The molecule has 0 aliphatic carbocycles. The first-order valence-corrected chi connectivity index (χ1v) is 7.93. The molecule has 1 rings (SSSR count). The maximum Gasteiger partial charge on any atom is 0.352 e. The van der Waals surface area contributed by atoms with Crippen LogP contribution in [0.25, 0.3) is 6.08 Å². The lowest BCUT2D eigenvalue weighted by Gasteiger charge is -2.19. The van der Waals surface area contributed by atoms with Crippen LogP contribution >= 0.6 is 19.2 Å². The normalized spacial score (nSPS) is 13.9. The van der Waals surface area contributed by atoms with Gasteiger partial charge >= 0.3 is 7.60 Å². The molecule has 0 heterocycles. The van der Waals surface area contributed by atoms with Crippen LogP contribution < -0.4 is 0 Å². The molecule has 0 radical (unpaired) electrons. The van der Waals surface area contributed by atoms with Gasteiger partial charge in [0.2, 0.25) is 0 Å². The number of benzene rings is 1. The summed E-state index contributed by atoms with van der Waals surface area (Å²) in [7, 11) is -3.27. The van der Waals surface area contributed by atoms with E-state index in [-0.39, 0.29) is 0 Å². The lowest BCUT2D eigenvalue weighted by molar-refractivity contribution is 0.220. The van der Waals surface area contributed by atoms with E-state index in [0.29, 0.717) is 13.2 Å². The molecule has 18 heavy (non-hydrogen) atoms. The van der Waals surface area contributed by atoms with Crippen molar-refractivity contribution in [3.63, 3.8) is 0 Å². The molecule has 0 aromatic heterocycles.